The average molecular weight is 537 g/mol. The molecule has 3 aromatic carbocycles. The molecule has 1 aromatic heterocycles. The molecular formula is C28H25FN2O6S. The van der Waals surface area contributed by atoms with Crippen LogP contribution in [0.3, 0.4) is 0 Å². The Morgan fingerprint density at radius 2 is 1.61 bits per heavy atom. The number of aromatic nitrogens is 1. The topological polar surface area (TPSA) is 115 Å². The summed E-state index contributed by atoms with van der Waals surface area (Å²) >= 11 is 0. The number of carboxylic acid groups (broad SMARTS) is 1. The molecule has 0 bridgehead atoms. The second-order valence-corrected chi connectivity index (χ2v) is 10.7. The molecule has 0 fully saturated rings. The van der Waals surface area contributed by atoms with Crippen molar-refractivity contribution in [1.82, 2.24) is 4.57 Å². The highest BCUT2D eigenvalue weighted by atomic mass is 32.2. The van der Waals surface area contributed by atoms with Gasteiger partial charge in [-0.2, -0.15) is 0 Å². The molecule has 0 unspecified atom stereocenters. The Bertz CT molecular complexity index is 1580. The number of halogens is 1. The lowest BCUT2D eigenvalue weighted by molar-refractivity contribution is -0.136. The van der Waals surface area contributed by atoms with Crippen molar-refractivity contribution in [3.63, 3.8) is 0 Å². The average Bonchev–Trinajstić information content (AvgIpc) is 3.14. The zero-order valence-electron chi connectivity index (χ0n) is 20.6. The van der Waals surface area contributed by atoms with Crippen LogP contribution in [0.5, 0.6) is 0 Å². The quantitative estimate of drug-likeness (QED) is 0.313. The lowest BCUT2D eigenvalue weighted by atomic mass is 10.1. The van der Waals surface area contributed by atoms with Crippen molar-refractivity contribution in [2.75, 3.05) is 11.6 Å². The Labute approximate surface area is 219 Å². The first-order valence-electron chi connectivity index (χ1n) is 11.5. The van der Waals surface area contributed by atoms with E-state index in [9.17, 15) is 27.5 Å². The number of nitrogens with zero attached hydrogens (tertiary/aromatic N) is 1. The molecule has 2 N–H and O–H groups in total. The Hall–Kier alpha value is -4.44. The molecular weight excluding hydrogens is 511 g/mol. The first-order chi connectivity index (χ1) is 18.0. The van der Waals surface area contributed by atoms with Gasteiger partial charge in [0.1, 0.15) is 12.4 Å². The van der Waals surface area contributed by atoms with Gasteiger partial charge in [0, 0.05) is 28.8 Å². The highest BCUT2D eigenvalue weighted by Gasteiger charge is 2.26. The minimum Gasteiger partial charge on any atom is -0.481 e. The fraction of sp³-hybridized carbons (Fsp3) is 0.143. The minimum atomic E-state index is -3.47. The molecule has 10 heteroatoms. The van der Waals surface area contributed by atoms with Gasteiger partial charge in [0.25, 0.3) is 0 Å². The Balaban J connectivity index is 1.86. The summed E-state index contributed by atoms with van der Waals surface area (Å²) in [6, 6.07) is 20.6. The van der Waals surface area contributed by atoms with E-state index < -0.39 is 34.1 Å². The van der Waals surface area contributed by atoms with Crippen molar-refractivity contribution in [2.24, 2.45) is 0 Å². The molecule has 1 amide bonds. The normalized spacial score (nSPS) is 11.2. The number of hydrogen-bond donors (Lipinski definition) is 2. The monoisotopic (exact) mass is 536 g/mol. The van der Waals surface area contributed by atoms with Gasteiger partial charge in [-0.05, 0) is 48.9 Å². The van der Waals surface area contributed by atoms with Gasteiger partial charge in [-0.1, -0.05) is 42.5 Å². The zero-order valence-corrected chi connectivity index (χ0v) is 21.5. The van der Waals surface area contributed by atoms with E-state index in [1.807, 2.05) is 18.2 Å². The zero-order chi connectivity index (χ0) is 27.4. The molecule has 0 spiro atoms. The van der Waals surface area contributed by atoms with E-state index >= 15 is 0 Å². The summed E-state index contributed by atoms with van der Waals surface area (Å²) in [6.45, 7) is 1.69. The lowest BCUT2D eigenvalue weighted by Gasteiger charge is -2.15. The summed E-state index contributed by atoms with van der Waals surface area (Å²) in [7, 11) is -3.47. The van der Waals surface area contributed by atoms with Crippen LogP contribution >= 0.6 is 0 Å². The molecule has 38 heavy (non-hydrogen) atoms. The fourth-order valence-corrected chi connectivity index (χ4v) is 4.78. The predicted octanol–water partition coefficient (Wildman–Crippen LogP) is 5.37. The molecule has 4 rings (SSSR count). The molecule has 0 aliphatic rings. The van der Waals surface area contributed by atoms with E-state index in [-0.39, 0.29) is 17.2 Å². The molecule has 0 aliphatic heterocycles. The molecule has 0 aliphatic carbocycles. The maximum absolute atomic E-state index is 13.7. The summed E-state index contributed by atoms with van der Waals surface area (Å²) < 4.78 is 44.8. The van der Waals surface area contributed by atoms with Crippen molar-refractivity contribution in [2.45, 2.75) is 24.8 Å². The van der Waals surface area contributed by atoms with Crippen LogP contribution in [0.4, 0.5) is 14.9 Å². The van der Waals surface area contributed by atoms with Crippen LogP contribution in [0.15, 0.2) is 83.8 Å². The molecule has 1 heterocycles. The minimum absolute atomic E-state index is 0.00300. The van der Waals surface area contributed by atoms with Crippen LogP contribution < -0.4 is 5.32 Å². The van der Waals surface area contributed by atoms with Crippen molar-refractivity contribution >= 4 is 27.6 Å². The summed E-state index contributed by atoms with van der Waals surface area (Å²) in [5.74, 6) is -1.57. The fourth-order valence-electron chi connectivity index (χ4n) is 4.15. The second kappa shape index (κ2) is 10.9. The van der Waals surface area contributed by atoms with Crippen LogP contribution in [-0.2, 0) is 32.4 Å². The number of carbonyl (C=O) groups excluding carboxylic acids is 1. The number of sulfone groups is 1. The molecule has 0 radical (unpaired) electrons. The van der Waals surface area contributed by atoms with Gasteiger partial charge in [-0.15, -0.1) is 0 Å². The predicted molar refractivity (Wildman–Crippen MR) is 141 cm³/mol. The van der Waals surface area contributed by atoms with Crippen LogP contribution in [0.2, 0.25) is 0 Å². The van der Waals surface area contributed by atoms with Gasteiger partial charge < -0.3 is 14.4 Å². The molecule has 4 aromatic rings. The van der Waals surface area contributed by atoms with Crippen molar-refractivity contribution in [1.29, 1.82) is 0 Å². The summed E-state index contributed by atoms with van der Waals surface area (Å²) in [4.78, 5) is 24.8. The molecule has 0 atom stereocenters. The summed E-state index contributed by atoms with van der Waals surface area (Å²) in [5.41, 5.74) is 3.19. The van der Waals surface area contributed by atoms with E-state index in [2.05, 4.69) is 5.32 Å². The standard InChI is InChI=1S/C28H25FN2O6S/c1-18-24(16-25(32)33)26(30-28(34)37-17-19-6-4-3-5-7-19)27(31(18)22-12-10-21(29)11-13-22)20-8-14-23(15-9-20)38(2,35)36/h3-15H,16-17H2,1-2H3,(H,30,34)(H,32,33). The van der Waals surface area contributed by atoms with Gasteiger partial charge in [0.2, 0.25) is 0 Å². The molecule has 8 nitrogen and oxygen atoms in total. The number of ether oxygens (including phenoxy) is 1. The number of aliphatic carboxylic acids is 1. The maximum atomic E-state index is 13.7. The third-order valence-corrected chi connectivity index (χ3v) is 7.07. The van der Waals surface area contributed by atoms with E-state index in [0.717, 1.165) is 11.8 Å². The number of carbonyl (C=O) groups is 2. The van der Waals surface area contributed by atoms with Gasteiger partial charge in [-0.25, -0.2) is 17.6 Å². The Kier molecular flexibility index (Phi) is 7.63. The van der Waals surface area contributed by atoms with E-state index in [1.54, 1.807) is 35.8 Å². The number of carboxylic acids is 1. The Morgan fingerprint density at radius 3 is 2.18 bits per heavy atom. The lowest BCUT2D eigenvalue weighted by Crippen LogP contribution is -2.15. The largest absolute Gasteiger partial charge is 0.481 e. The highest BCUT2D eigenvalue weighted by Crippen LogP contribution is 2.39. The van der Waals surface area contributed by atoms with E-state index in [0.29, 0.717) is 28.2 Å². The van der Waals surface area contributed by atoms with Gasteiger partial charge >= 0.3 is 12.1 Å². The second-order valence-electron chi connectivity index (χ2n) is 8.65. The number of rotatable bonds is 8. The number of amides is 1. The van der Waals surface area contributed by atoms with E-state index in [1.165, 1.54) is 36.4 Å². The van der Waals surface area contributed by atoms with Crippen molar-refractivity contribution in [3.8, 4) is 16.9 Å². The highest BCUT2D eigenvalue weighted by molar-refractivity contribution is 7.90. The maximum Gasteiger partial charge on any atom is 0.412 e. The van der Waals surface area contributed by atoms with Gasteiger partial charge in [0.15, 0.2) is 9.84 Å². The van der Waals surface area contributed by atoms with Crippen LogP contribution in [0.1, 0.15) is 16.8 Å². The Morgan fingerprint density at radius 1 is 0.974 bits per heavy atom. The molecule has 0 saturated carbocycles. The smallest absolute Gasteiger partial charge is 0.412 e. The van der Waals surface area contributed by atoms with E-state index in [4.69, 9.17) is 4.74 Å². The SMILES string of the molecule is Cc1c(CC(=O)O)c(NC(=O)OCc2ccccc2)c(-c2ccc(S(C)(=O)=O)cc2)n1-c1ccc(F)cc1. The van der Waals surface area contributed by atoms with Crippen LogP contribution in [0.25, 0.3) is 16.9 Å². The van der Waals surface area contributed by atoms with Gasteiger partial charge in [-0.3, -0.25) is 10.1 Å². The number of benzene rings is 3. The third kappa shape index (κ3) is 5.92. The number of hydrogen-bond acceptors (Lipinski definition) is 5. The van der Waals surface area contributed by atoms with Crippen molar-refractivity contribution < 1.29 is 32.2 Å². The number of nitrogens with one attached hydrogen (secondary N) is 1. The number of anilines is 1. The summed E-state index contributed by atoms with van der Waals surface area (Å²) in [6.07, 6.45) is -0.123. The third-order valence-electron chi connectivity index (χ3n) is 5.94. The van der Waals surface area contributed by atoms with Gasteiger partial charge in [0.05, 0.1) is 22.7 Å². The first-order valence-corrected chi connectivity index (χ1v) is 13.4. The van der Waals surface area contributed by atoms with Crippen LogP contribution in [0, 0.1) is 12.7 Å². The van der Waals surface area contributed by atoms with Crippen molar-refractivity contribution in [3.05, 3.63) is 102 Å². The molecule has 196 valence electrons. The van der Waals surface area contributed by atoms with Crippen LogP contribution in [-0.4, -0.2) is 36.4 Å². The first kappa shape index (κ1) is 26.6. The summed E-state index contributed by atoms with van der Waals surface area (Å²) in [5, 5.41) is 12.3. The molecule has 0 saturated heterocycles.